The van der Waals surface area contributed by atoms with Gasteiger partial charge in [0.05, 0.1) is 12.3 Å². The molecule has 0 unspecified atom stereocenters. The van der Waals surface area contributed by atoms with E-state index in [0.717, 1.165) is 35.1 Å². The summed E-state index contributed by atoms with van der Waals surface area (Å²) in [5.74, 6) is 0. The fourth-order valence-electron chi connectivity index (χ4n) is 2.96. The van der Waals surface area contributed by atoms with E-state index in [4.69, 9.17) is 16.6 Å². The second-order valence-electron chi connectivity index (χ2n) is 6.17. The molecule has 5 heteroatoms. The van der Waals surface area contributed by atoms with Crippen molar-refractivity contribution in [1.29, 1.82) is 0 Å². The second kappa shape index (κ2) is 9.83. The average Bonchev–Trinajstić information content (AvgIpc) is 2.91. The molecular weight excluding hydrogens is 407 g/mol. The second-order valence-corrected chi connectivity index (χ2v) is 7.72. The summed E-state index contributed by atoms with van der Waals surface area (Å²) in [4.78, 5) is 7.12. The highest BCUT2D eigenvalue weighted by Gasteiger charge is 2.09. The van der Waals surface area contributed by atoms with Gasteiger partial charge in [0.2, 0.25) is 0 Å². The van der Waals surface area contributed by atoms with Crippen LogP contribution in [0.1, 0.15) is 11.1 Å². The highest BCUT2D eigenvalue weighted by atomic mass is 35.5. The predicted octanol–water partition coefficient (Wildman–Crippen LogP) is 6.84. The molecule has 1 heterocycles. The van der Waals surface area contributed by atoms with E-state index < -0.39 is 0 Å². The normalized spacial score (nSPS) is 13.1. The van der Waals surface area contributed by atoms with Gasteiger partial charge in [0.25, 0.3) is 0 Å². The molecule has 142 valence electrons. The first-order valence-corrected chi connectivity index (χ1v) is 10.1. The molecule has 1 aliphatic rings. The van der Waals surface area contributed by atoms with Crippen molar-refractivity contribution in [3.63, 3.8) is 0 Å². The molecule has 28 heavy (non-hydrogen) atoms. The molecule has 0 aliphatic carbocycles. The van der Waals surface area contributed by atoms with Gasteiger partial charge in [-0.05, 0) is 48.0 Å². The number of nitrogens with one attached hydrogen (secondary N) is 1. The summed E-state index contributed by atoms with van der Waals surface area (Å²) in [5, 5.41) is 4.19. The van der Waals surface area contributed by atoms with Gasteiger partial charge in [-0.25, -0.2) is 0 Å². The number of para-hydroxylation sites is 1. The largest absolute Gasteiger partial charge is 0.383 e. The highest BCUT2D eigenvalue weighted by molar-refractivity contribution is 7.99. The Kier molecular flexibility index (Phi) is 7.21. The number of benzodiazepines with no additional fused rings is 1. The number of nitrogens with zero attached hydrogens (tertiary/aromatic N) is 1. The molecule has 0 aromatic heterocycles. The molecule has 0 atom stereocenters. The van der Waals surface area contributed by atoms with E-state index in [0.29, 0.717) is 0 Å². The molecule has 4 rings (SSSR count). The van der Waals surface area contributed by atoms with Gasteiger partial charge in [0.1, 0.15) is 0 Å². The highest BCUT2D eigenvalue weighted by Crippen LogP contribution is 2.32. The summed E-state index contributed by atoms with van der Waals surface area (Å²) in [6, 6.07) is 24.7. The Morgan fingerprint density at radius 1 is 0.893 bits per heavy atom. The van der Waals surface area contributed by atoms with Gasteiger partial charge < -0.3 is 5.32 Å². The Bertz CT molecular complexity index is 997. The van der Waals surface area contributed by atoms with Crippen LogP contribution < -0.4 is 5.32 Å². The van der Waals surface area contributed by atoms with Crippen LogP contribution in [0.15, 0.2) is 93.7 Å². The maximum atomic E-state index is 6.00. The Morgan fingerprint density at radius 3 is 2.50 bits per heavy atom. The van der Waals surface area contributed by atoms with Crippen molar-refractivity contribution in [2.75, 3.05) is 18.4 Å². The van der Waals surface area contributed by atoms with Crippen LogP contribution in [0.2, 0.25) is 5.02 Å². The summed E-state index contributed by atoms with van der Waals surface area (Å²) in [6.07, 6.45) is 4.27. The van der Waals surface area contributed by atoms with E-state index >= 15 is 0 Å². The van der Waals surface area contributed by atoms with Crippen LogP contribution in [0.3, 0.4) is 0 Å². The zero-order valence-electron chi connectivity index (χ0n) is 15.1. The van der Waals surface area contributed by atoms with Crippen molar-refractivity contribution in [3.8, 4) is 0 Å². The molecule has 2 nitrogen and oxygen atoms in total. The Hall–Kier alpha value is -2.20. The molecule has 3 aromatic rings. The molecular formula is C23H20Cl2N2S. The number of hydrogen-bond acceptors (Lipinski definition) is 3. The Morgan fingerprint density at radius 2 is 1.64 bits per heavy atom. The molecule has 3 aromatic carbocycles. The predicted molar refractivity (Wildman–Crippen MR) is 125 cm³/mol. The first-order valence-electron chi connectivity index (χ1n) is 8.88. The average molecular weight is 427 g/mol. The molecule has 0 spiro atoms. The van der Waals surface area contributed by atoms with Gasteiger partial charge in [-0.1, -0.05) is 65.8 Å². The molecule has 0 saturated carbocycles. The van der Waals surface area contributed by atoms with E-state index in [1.54, 1.807) is 11.8 Å². The van der Waals surface area contributed by atoms with Crippen molar-refractivity contribution < 1.29 is 0 Å². The first-order chi connectivity index (χ1) is 13.3. The Balaban J connectivity index is 0.00000225. The molecule has 1 N–H and O–H groups in total. The zero-order valence-corrected chi connectivity index (χ0v) is 17.5. The summed E-state index contributed by atoms with van der Waals surface area (Å²) < 4.78 is 0. The van der Waals surface area contributed by atoms with E-state index in [9.17, 15) is 0 Å². The third-order valence-electron chi connectivity index (χ3n) is 4.29. The molecule has 0 fully saturated rings. The number of aliphatic imine (C=N–C) groups is 1. The molecule has 0 bridgehead atoms. The minimum absolute atomic E-state index is 0. The van der Waals surface area contributed by atoms with Crippen LogP contribution >= 0.6 is 35.8 Å². The third kappa shape index (κ3) is 4.99. The number of fused-ring (bicyclic) bond motifs is 1. The monoisotopic (exact) mass is 426 g/mol. The lowest BCUT2D eigenvalue weighted by Crippen LogP contribution is -2.03. The SMILES string of the molecule is Cl.Clc1ccc(Sc2ccccc2C=CC2=NCCNc3ccccc32)cc1. The smallest absolute Gasteiger partial charge is 0.0668 e. The topological polar surface area (TPSA) is 24.4 Å². The van der Waals surface area contributed by atoms with E-state index in [1.807, 2.05) is 24.3 Å². The van der Waals surface area contributed by atoms with Crippen molar-refractivity contribution >= 4 is 53.2 Å². The lowest BCUT2D eigenvalue weighted by Gasteiger charge is -2.08. The molecule has 0 saturated heterocycles. The number of halogens is 2. The van der Waals surface area contributed by atoms with Crippen molar-refractivity contribution in [3.05, 3.63) is 95.0 Å². The molecule has 0 radical (unpaired) electrons. The van der Waals surface area contributed by atoms with Crippen molar-refractivity contribution in [2.24, 2.45) is 4.99 Å². The number of rotatable bonds is 4. The van der Waals surface area contributed by atoms with Gasteiger partial charge in [0, 0.05) is 32.6 Å². The minimum Gasteiger partial charge on any atom is -0.383 e. The van der Waals surface area contributed by atoms with Crippen LogP contribution in [-0.4, -0.2) is 18.8 Å². The van der Waals surface area contributed by atoms with Crippen LogP contribution in [0.25, 0.3) is 6.08 Å². The quantitative estimate of drug-likeness (QED) is 0.493. The number of hydrogen-bond donors (Lipinski definition) is 1. The fourth-order valence-corrected chi connectivity index (χ4v) is 4.02. The van der Waals surface area contributed by atoms with Crippen LogP contribution in [0.4, 0.5) is 5.69 Å². The van der Waals surface area contributed by atoms with E-state index in [-0.39, 0.29) is 12.4 Å². The Labute approximate surface area is 181 Å². The fraction of sp³-hybridized carbons (Fsp3) is 0.0870. The van der Waals surface area contributed by atoms with Crippen LogP contribution in [0.5, 0.6) is 0 Å². The van der Waals surface area contributed by atoms with Gasteiger partial charge in [0.15, 0.2) is 0 Å². The maximum absolute atomic E-state index is 6.00. The van der Waals surface area contributed by atoms with Gasteiger partial charge >= 0.3 is 0 Å². The molecule has 0 amide bonds. The van der Waals surface area contributed by atoms with Crippen molar-refractivity contribution in [1.82, 2.24) is 0 Å². The van der Waals surface area contributed by atoms with E-state index in [1.165, 1.54) is 15.4 Å². The number of allylic oxidation sites excluding steroid dienone is 1. The molecule has 1 aliphatic heterocycles. The number of anilines is 1. The van der Waals surface area contributed by atoms with E-state index in [2.05, 4.69) is 66.0 Å². The van der Waals surface area contributed by atoms with Gasteiger partial charge in [-0.3, -0.25) is 4.99 Å². The lowest BCUT2D eigenvalue weighted by molar-refractivity contribution is 1.04. The summed E-state index contributed by atoms with van der Waals surface area (Å²) in [7, 11) is 0. The minimum atomic E-state index is 0. The summed E-state index contributed by atoms with van der Waals surface area (Å²) in [6.45, 7) is 1.63. The first kappa shape index (κ1) is 20.5. The standard InChI is InChI=1S/C23H19ClN2S.ClH/c24-18-10-12-19(13-11-18)27-23-8-4-1-5-17(23)9-14-22-20-6-2-3-7-21(20)25-15-16-26-22;/h1-14,25H,15-16H2;1H. The summed E-state index contributed by atoms with van der Waals surface area (Å²) >= 11 is 7.73. The van der Waals surface area contributed by atoms with Crippen molar-refractivity contribution in [2.45, 2.75) is 9.79 Å². The summed E-state index contributed by atoms with van der Waals surface area (Å²) in [5.41, 5.74) is 4.48. The van der Waals surface area contributed by atoms with Crippen LogP contribution in [-0.2, 0) is 0 Å². The van der Waals surface area contributed by atoms with Gasteiger partial charge in [-0.15, -0.1) is 12.4 Å². The zero-order chi connectivity index (χ0) is 18.5. The number of benzene rings is 3. The maximum Gasteiger partial charge on any atom is 0.0668 e. The third-order valence-corrected chi connectivity index (χ3v) is 5.65. The van der Waals surface area contributed by atoms with Gasteiger partial charge in [-0.2, -0.15) is 0 Å². The lowest BCUT2D eigenvalue weighted by atomic mass is 10.1. The van der Waals surface area contributed by atoms with Crippen LogP contribution in [0, 0.1) is 0 Å².